The maximum Gasteiger partial charge on any atom is 0.255 e. The van der Waals surface area contributed by atoms with E-state index in [1.54, 1.807) is 32.0 Å². The molecule has 4 rings (SSSR count). The smallest absolute Gasteiger partial charge is 0.255 e. The van der Waals surface area contributed by atoms with Crippen LogP contribution in [-0.4, -0.2) is 63.9 Å². The van der Waals surface area contributed by atoms with Crippen LogP contribution in [0.1, 0.15) is 10.4 Å². The summed E-state index contributed by atoms with van der Waals surface area (Å²) in [6, 6.07) is 3.86. The van der Waals surface area contributed by atoms with E-state index in [9.17, 15) is 4.79 Å². The second kappa shape index (κ2) is 7.98. The molecular weight excluding hydrogens is 386 g/mol. The Morgan fingerprint density at radius 3 is 2.32 bits per heavy atom. The minimum absolute atomic E-state index is 0.188. The number of nitrogens with one attached hydrogen (secondary N) is 1. The number of benzene rings is 1. The monoisotopic (exact) mass is 407 g/mol. The molecule has 150 valence electrons. The molecule has 0 aliphatic heterocycles. The van der Waals surface area contributed by atoms with E-state index in [0.29, 0.717) is 11.4 Å². The molecule has 0 aliphatic rings. The highest BCUT2D eigenvalue weighted by Crippen LogP contribution is 2.23. The standard InChI is InChI=1S/C20H21B4N5O2/c1-29-8-25-7-12(29)10-3-9-4-13(27-6-11(9)26-5-10)28-20(30)14-15(21)17(23)19(31-2)18(24)16(14)22/h3-8H,21-24H2,1-2H3,(H,27,28,30). The average Bonchev–Trinajstić information content (AvgIpc) is 3.18. The number of carbonyl (C=O) groups excluding carboxylic acids is 1. The van der Waals surface area contributed by atoms with Gasteiger partial charge in [-0.3, -0.25) is 9.78 Å². The van der Waals surface area contributed by atoms with Gasteiger partial charge in [0.1, 0.15) is 43.0 Å². The van der Waals surface area contributed by atoms with E-state index in [2.05, 4.69) is 20.3 Å². The average molecular weight is 407 g/mol. The van der Waals surface area contributed by atoms with Gasteiger partial charge in [-0.1, -0.05) is 21.9 Å². The lowest BCUT2D eigenvalue weighted by atomic mass is 9.66. The van der Waals surface area contributed by atoms with Crippen molar-refractivity contribution in [3.8, 4) is 17.0 Å². The first-order valence-corrected chi connectivity index (χ1v) is 10.00. The number of aryl methyl sites for hydroxylation is 1. The van der Waals surface area contributed by atoms with Crippen molar-refractivity contribution < 1.29 is 9.53 Å². The van der Waals surface area contributed by atoms with E-state index in [4.69, 9.17) is 4.74 Å². The van der Waals surface area contributed by atoms with Gasteiger partial charge in [-0.05, 0) is 12.1 Å². The van der Waals surface area contributed by atoms with Gasteiger partial charge < -0.3 is 14.6 Å². The van der Waals surface area contributed by atoms with Crippen LogP contribution in [0.4, 0.5) is 5.82 Å². The van der Waals surface area contributed by atoms with E-state index in [1.807, 2.05) is 55.1 Å². The molecule has 0 unspecified atom stereocenters. The summed E-state index contributed by atoms with van der Waals surface area (Å²) in [4.78, 5) is 26.2. The van der Waals surface area contributed by atoms with Crippen molar-refractivity contribution in [2.45, 2.75) is 0 Å². The molecule has 3 heterocycles. The Morgan fingerprint density at radius 2 is 1.71 bits per heavy atom. The molecule has 31 heavy (non-hydrogen) atoms. The molecule has 1 N–H and O–H groups in total. The molecule has 0 fully saturated rings. The van der Waals surface area contributed by atoms with Crippen LogP contribution in [0.2, 0.25) is 0 Å². The lowest BCUT2D eigenvalue weighted by Crippen LogP contribution is -2.47. The Kier molecular flexibility index (Phi) is 5.35. The highest BCUT2D eigenvalue weighted by molar-refractivity contribution is 6.61. The molecule has 0 bridgehead atoms. The molecule has 3 aromatic heterocycles. The second-order valence-electron chi connectivity index (χ2n) is 7.74. The summed E-state index contributed by atoms with van der Waals surface area (Å²) in [7, 11) is 11.4. The SMILES string of the molecule is Bc1c(B)c(C(=O)Nc2cc3cc(-c4cncn4C)cnc3cn2)c(B)c(B)c1OC. The van der Waals surface area contributed by atoms with Crippen molar-refractivity contribution in [3.05, 3.63) is 42.6 Å². The Balaban J connectivity index is 1.70. The molecule has 4 aromatic rings. The molecule has 7 nitrogen and oxygen atoms in total. The Hall–Kier alpha value is -3.48. The lowest BCUT2D eigenvalue weighted by molar-refractivity contribution is 0.102. The number of amides is 1. The van der Waals surface area contributed by atoms with Crippen molar-refractivity contribution in [1.29, 1.82) is 0 Å². The third-order valence-corrected chi connectivity index (χ3v) is 5.91. The van der Waals surface area contributed by atoms with Crippen LogP contribution in [0.15, 0.2) is 37.1 Å². The lowest BCUT2D eigenvalue weighted by Gasteiger charge is -2.20. The van der Waals surface area contributed by atoms with Crippen LogP contribution in [0, 0.1) is 0 Å². The van der Waals surface area contributed by atoms with E-state index in [0.717, 1.165) is 49.8 Å². The number of aromatic nitrogens is 4. The molecule has 1 aromatic carbocycles. The number of methoxy groups -OCH3 is 1. The van der Waals surface area contributed by atoms with Crippen LogP contribution in [-0.2, 0) is 7.05 Å². The molecule has 0 saturated carbocycles. The fourth-order valence-electron chi connectivity index (χ4n) is 3.98. The van der Waals surface area contributed by atoms with E-state index < -0.39 is 0 Å². The van der Waals surface area contributed by atoms with Crippen LogP contribution < -0.4 is 31.9 Å². The normalized spacial score (nSPS) is 10.9. The fraction of sp³-hybridized carbons (Fsp3) is 0.100. The first kappa shape index (κ1) is 20.8. The summed E-state index contributed by atoms with van der Waals surface area (Å²) in [6.45, 7) is 0. The van der Waals surface area contributed by atoms with Crippen LogP contribution in [0.5, 0.6) is 5.75 Å². The van der Waals surface area contributed by atoms with Gasteiger partial charge >= 0.3 is 0 Å². The van der Waals surface area contributed by atoms with Gasteiger partial charge in [-0.2, -0.15) is 0 Å². The number of imidazole rings is 1. The Morgan fingerprint density at radius 1 is 1.00 bits per heavy atom. The zero-order valence-electron chi connectivity index (χ0n) is 18.6. The van der Waals surface area contributed by atoms with Gasteiger partial charge in [0.25, 0.3) is 5.91 Å². The van der Waals surface area contributed by atoms with Gasteiger partial charge in [0.2, 0.25) is 0 Å². The third kappa shape index (κ3) is 3.60. The Bertz CT molecular complexity index is 1310. The minimum atomic E-state index is -0.188. The third-order valence-electron chi connectivity index (χ3n) is 5.91. The molecular formula is C20H21B4N5O2. The number of anilines is 1. The largest absolute Gasteiger partial charge is 0.498 e. The summed E-state index contributed by atoms with van der Waals surface area (Å²) in [5.41, 5.74) is 7.06. The van der Waals surface area contributed by atoms with Gasteiger partial charge in [0.05, 0.1) is 37.0 Å². The molecule has 0 spiro atoms. The van der Waals surface area contributed by atoms with Gasteiger partial charge in [0, 0.05) is 29.8 Å². The van der Waals surface area contributed by atoms with Crippen molar-refractivity contribution in [1.82, 2.24) is 19.5 Å². The maximum absolute atomic E-state index is 13.2. The molecule has 0 saturated heterocycles. The first-order chi connectivity index (χ1) is 14.8. The van der Waals surface area contributed by atoms with Gasteiger partial charge in [0.15, 0.2) is 0 Å². The van der Waals surface area contributed by atoms with Gasteiger partial charge in [-0.15, -0.1) is 0 Å². The predicted octanol–water partition coefficient (Wildman–Crippen LogP) is -3.68. The van der Waals surface area contributed by atoms with Crippen LogP contribution in [0.25, 0.3) is 22.2 Å². The molecule has 0 aliphatic carbocycles. The summed E-state index contributed by atoms with van der Waals surface area (Å²) in [5.74, 6) is 1.11. The number of hydrogen-bond donors (Lipinski definition) is 1. The zero-order chi connectivity index (χ0) is 22.3. The Labute approximate surface area is 184 Å². The predicted molar refractivity (Wildman–Crippen MR) is 135 cm³/mol. The molecule has 11 heteroatoms. The summed E-state index contributed by atoms with van der Waals surface area (Å²) < 4.78 is 7.47. The summed E-state index contributed by atoms with van der Waals surface area (Å²) in [5, 5.41) is 3.84. The van der Waals surface area contributed by atoms with Crippen LogP contribution in [0.3, 0.4) is 0 Å². The number of rotatable bonds is 4. The number of pyridine rings is 2. The first-order valence-electron chi connectivity index (χ1n) is 10.00. The number of hydrogen-bond acceptors (Lipinski definition) is 5. The van der Waals surface area contributed by atoms with E-state index >= 15 is 0 Å². The van der Waals surface area contributed by atoms with Crippen LogP contribution >= 0.6 is 0 Å². The molecule has 0 atom stereocenters. The topological polar surface area (TPSA) is 81.9 Å². The summed E-state index contributed by atoms with van der Waals surface area (Å²) in [6.07, 6.45) is 7.02. The quantitative estimate of drug-likeness (QED) is 0.353. The highest BCUT2D eigenvalue weighted by atomic mass is 16.5. The molecule has 0 radical (unpaired) electrons. The fourth-order valence-corrected chi connectivity index (χ4v) is 3.98. The number of nitrogens with zero attached hydrogens (tertiary/aromatic N) is 4. The number of carbonyl (C=O) groups is 1. The second-order valence-corrected chi connectivity index (χ2v) is 7.74. The summed E-state index contributed by atoms with van der Waals surface area (Å²) >= 11 is 0. The van der Waals surface area contributed by atoms with Crippen molar-refractivity contribution in [2.24, 2.45) is 7.05 Å². The van der Waals surface area contributed by atoms with Crippen molar-refractivity contribution >= 4 is 75.9 Å². The van der Waals surface area contributed by atoms with Gasteiger partial charge in [-0.25, -0.2) is 9.97 Å². The zero-order valence-corrected chi connectivity index (χ0v) is 18.6. The molecule has 1 amide bonds. The van der Waals surface area contributed by atoms with Crippen molar-refractivity contribution in [2.75, 3.05) is 12.4 Å². The number of ether oxygens (including phenoxy) is 1. The minimum Gasteiger partial charge on any atom is -0.498 e. The van der Waals surface area contributed by atoms with Crippen molar-refractivity contribution in [3.63, 3.8) is 0 Å². The maximum atomic E-state index is 13.2. The van der Waals surface area contributed by atoms with E-state index in [1.165, 1.54) is 0 Å². The highest BCUT2D eigenvalue weighted by Gasteiger charge is 2.20. The number of fused-ring (bicyclic) bond motifs is 1. The van der Waals surface area contributed by atoms with E-state index in [-0.39, 0.29) is 5.91 Å².